The van der Waals surface area contributed by atoms with Crippen molar-refractivity contribution >= 4 is 41.5 Å². The Kier molecular flexibility index (Phi) is 9.77. The van der Waals surface area contributed by atoms with Crippen LogP contribution in [0.2, 0.25) is 0 Å². The van der Waals surface area contributed by atoms with Crippen LogP contribution in [-0.4, -0.2) is 18.9 Å². The third-order valence-corrected chi connectivity index (χ3v) is 3.78. The number of carbonyl (C=O) groups is 1. The van der Waals surface area contributed by atoms with E-state index in [1.807, 2.05) is 44.2 Å². The molecule has 146 valence electrons. The zero-order valence-corrected chi connectivity index (χ0v) is 18.1. The third kappa shape index (κ3) is 7.94. The van der Waals surface area contributed by atoms with E-state index in [0.29, 0.717) is 19.0 Å². The van der Waals surface area contributed by atoms with Gasteiger partial charge in [0.25, 0.3) is 0 Å². The number of carbonyl (C=O) groups excluding carboxylic acids is 1. The van der Waals surface area contributed by atoms with Gasteiger partial charge in [-0.3, -0.25) is 9.79 Å². The topological polar surface area (TPSA) is 65.5 Å². The lowest BCUT2D eigenvalue weighted by Crippen LogP contribution is -2.36. The van der Waals surface area contributed by atoms with E-state index in [4.69, 9.17) is 0 Å². The van der Waals surface area contributed by atoms with Crippen LogP contribution in [0, 0.1) is 11.7 Å². The summed E-state index contributed by atoms with van der Waals surface area (Å²) in [7, 11) is 1.69. The van der Waals surface area contributed by atoms with E-state index >= 15 is 0 Å². The van der Waals surface area contributed by atoms with E-state index in [2.05, 4.69) is 20.9 Å². The van der Waals surface area contributed by atoms with Crippen molar-refractivity contribution in [3.63, 3.8) is 0 Å². The van der Waals surface area contributed by atoms with Crippen molar-refractivity contribution in [2.45, 2.75) is 26.9 Å². The van der Waals surface area contributed by atoms with Crippen LogP contribution in [0.5, 0.6) is 0 Å². The van der Waals surface area contributed by atoms with Gasteiger partial charge in [-0.15, -0.1) is 24.0 Å². The molecule has 2 rings (SSSR count). The van der Waals surface area contributed by atoms with Crippen molar-refractivity contribution in [3.05, 3.63) is 65.5 Å². The summed E-state index contributed by atoms with van der Waals surface area (Å²) in [6.45, 7) is 4.78. The minimum Gasteiger partial charge on any atom is -0.352 e. The number of anilines is 1. The van der Waals surface area contributed by atoms with Gasteiger partial charge in [-0.25, -0.2) is 4.39 Å². The van der Waals surface area contributed by atoms with Crippen LogP contribution in [0.3, 0.4) is 0 Å². The molecule has 0 aromatic heterocycles. The molecule has 0 radical (unpaired) electrons. The molecule has 0 aliphatic heterocycles. The Morgan fingerprint density at radius 3 is 2.22 bits per heavy atom. The standard InChI is InChI=1S/C20H25FN4O.HI/c1-14(2)19(26)25-18-9-7-15(8-10-18)12-23-20(22-3)24-13-16-5-4-6-17(21)11-16;/h4-11,14H,12-13H2,1-3H3,(H,25,26)(H2,22,23,24);1H. The first kappa shape index (κ1) is 22.9. The summed E-state index contributed by atoms with van der Waals surface area (Å²) in [4.78, 5) is 15.9. The predicted molar refractivity (Wildman–Crippen MR) is 119 cm³/mol. The SMILES string of the molecule is CN=C(NCc1ccc(NC(=O)C(C)C)cc1)NCc1cccc(F)c1.I. The fourth-order valence-corrected chi connectivity index (χ4v) is 2.23. The van der Waals surface area contributed by atoms with Gasteiger partial charge in [0, 0.05) is 31.7 Å². The molecule has 0 saturated carbocycles. The minimum atomic E-state index is -0.253. The monoisotopic (exact) mass is 484 g/mol. The predicted octanol–water partition coefficient (Wildman–Crippen LogP) is 3.90. The van der Waals surface area contributed by atoms with Crippen molar-refractivity contribution in [1.29, 1.82) is 0 Å². The summed E-state index contributed by atoms with van der Waals surface area (Å²) in [5, 5.41) is 9.22. The number of benzene rings is 2. The molecule has 0 unspecified atom stereocenters. The normalized spacial score (nSPS) is 10.9. The Labute approximate surface area is 176 Å². The number of nitrogens with one attached hydrogen (secondary N) is 3. The second kappa shape index (κ2) is 11.5. The largest absolute Gasteiger partial charge is 0.352 e. The second-order valence-electron chi connectivity index (χ2n) is 6.25. The molecule has 1 amide bonds. The van der Waals surface area contributed by atoms with Gasteiger partial charge in [0.05, 0.1) is 0 Å². The lowest BCUT2D eigenvalue weighted by molar-refractivity contribution is -0.118. The molecule has 0 heterocycles. The van der Waals surface area contributed by atoms with Crippen LogP contribution in [0.4, 0.5) is 10.1 Å². The van der Waals surface area contributed by atoms with Crippen molar-refractivity contribution in [1.82, 2.24) is 10.6 Å². The third-order valence-electron chi connectivity index (χ3n) is 3.78. The molecule has 0 aliphatic carbocycles. The molecule has 0 fully saturated rings. The second-order valence-corrected chi connectivity index (χ2v) is 6.25. The highest BCUT2D eigenvalue weighted by Gasteiger charge is 2.07. The molecule has 3 N–H and O–H groups in total. The van der Waals surface area contributed by atoms with E-state index in [9.17, 15) is 9.18 Å². The van der Waals surface area contributed by atoms with Crippen LogP contribution >= 0.6 is 24.0 Å². The molecule has 0 spiro atoms. The summed E-state index contributed by atoms with van der Waals surface area (Å²) in [6.07, 6.45) is 0. The summed E-state index contributed by atoms with van der Waals surface area (Å²) in [5.41, 5.74) is 2.68. The summed E-state index contributed by atoms with van der Waals surface area (Å²) < 4.78 is 13.2. The molecule has 0 atom stereocenters. The van der Waals surface area contributed by atoms with Gasteiger partial charge >= 0.3 is 0 Å². The van der Waals surface area contributed by atoms with Crippen molar-refractivity contribution < 1.29 is 9.18 Å². The van der Waals surface area contributed by atoms with E-state index in [0.717, 1.165) is 16.8 Å². The molecule has 5 nitrogen and oxygen atoms in total. The molecule has 0 bridgehead atoms. The first-order valence-electron chi connectivity index (χ1n) is 8.56. The Bertz CT molecular complexity index is 763. The van der Waals surface area contributed by atoms with Crippen molar-refractivity contribution in [3.8, 4) is 0 Å². The van der Waals surface area contributed by atoms with E-state index in [-0.39, 0.29) is 41.6 Å². The number of nitrogens with zero attached hydrogens (tertiary/aromatic N) is 1. The number of hydrogen-bond donors (Lipinski definition) is 3. The Hall–Kier alpha value is -2.16. The molecular formula is C20H26FIN4O. The number of aliphatic imine (C=N–C) groups is 1. The lowest BCUT2D eigenvalue weighted by atomic mass is 10.1. The Morgan fingerprint density at radius 2 is 1.67 bits per heavy atom. The summed E-state index contributed by atoms with van der Waals surface area (Å²) in [6, 6.07) is 14.1. The van der Waals surface area contributed by atoms with Gasteiger partial charge in [-0.2, -0.15) is 0 Å². The maximum Gasteiger partial charge on any atom is 0.226 e. The van der Waals surface area contributed by atoms with E-state index in [1.54, 1.807) is 13.1 Å². The summed E-state index contributed by atoms with van der Waals surface area (Å²) in [5.74, 6) is 0.324. The highest BCUT2D eigenvalue weighted by molar-refractivity contribution is 14.0. The van der Waals surface area contributed by atoms with Gasteiger partial charge < -0.3 is 16.0 Å². The molecule has 0 saturated heterocycles. The summed E-state index contributed by atoms with van der Waals surface area (Å²) >= 11 is 0. The number of rotatable bonds is 6. The van der Waals surface area contributed by atoms with Crippen molar-refractivity contribution in [2.75, 3.05) is 12.4 Å². The molecule has 0 aliphatic rings. The number of halogens is 2. The van der Waals surface area contributed by atoms with Crippen LogP contribution in [0.15, 0.2) is 53.5 Å². The fraction of sp³-hybridized carbons (Fsp3) is 0.300. The van der Waals surface area contributed by atoms with Gasteiger partial charge in [0.1, 0.15) is 5.82 Å². The zero-order chi connectivity index (χ0) is 18.9. The van der Waals surface area contributed by atoms with Gasteiger partial charge in [0.15, 0.2) is 5.96 Å². The van der Waals surface area contributed by atoms with Gasteiger partial charge in [0.2, 0.25) is 5.91 Å². The van der Waals surface area contributed by atoms with Crippen LogP contribution < -0.4 is 16.0 Å². The van der Waals surface area contributed by atoms with Crippen LogP contribution in [0.1, 0.15) is 25.0 Å². The smallest absolute Gasteiger partial charge is 0.226 e. The Morgan fingerprint density at radius 1 is 1.04 bits per heavy atom. The van der Waals surface area contributed by atoms with Crippen LogP contribution in [0.25, 0.3) is 0 Å². The maximum absolute atomic E-state index is 13.2. The average molecular weight is 484 g/mol. The molecule has 7 heteroatoms. The highest BCUT2D eigenvalue weighted by atomic mass is 127. The van der Waals surface area contributed by atoms with Gasteiger partial charge in [-0.1, -0.05) is 38.1 Å². The molecule has 27 heavy (non-hydrogen) atoms. The Balaban J connectivity index is 0.00000364. The average Bonchev–Trinajstić information content (AvgIpc) is 2.63. The molecular weight excluding hydrogens is 458 g/mol. The highest BCUT2D eigenvalue weighted by Crippen LogP contribution is 2.11. The maximum atomic E-state index is 13.2. The van der Waals surface area contributed by atoms with Gasteiger partial charge in [-0.05, 0) is 35.4 Å². The van der Waals surface area contributed by atoms with Crippen molar-refractivity contribution in [2.24, 2.45) is 10.9 Å². The number of guanidine groups is 1. The number of hydrogen-bond acceptors (Lipinski definition) is 2. The molecule has 2 aromatic rings. The minimum absolute atomic E-state index is 0. The lowest BCUT2D eigenvalue weighted by Gasteiger charge is -2.13. The molecule has 2 aromatic carbocycles. The van der Waals surface area contributed by atoms with E-state index < -0.39 is 0 Å². The number of amides is 1. The fourth-order valence-electron chi connectivity index (χ4n) is 2.23. The van der Waals surface area contributed by atoms with Crippen LogP contribution in [-0.2, 0) is 17.9 Å². The first-order valence-corrected chi connectivity index (χ1v) is 8.56. The zero-order valence-electron chi connectivity index (χ0n) is 15.8. The van der Waals surface area contributed by atoms with E-state index in [1.165, 1.54) is 12.1 Å². The quantitative estimate of drug-likeness (QED) is 0.331. The first-order chi connectivity index (χ1) is 12.5.